The van der Waals surface area contributed by atoms with E-state index in [4.69, 9.17) is 9.72 Å². The minimum absolute atomic E-state index is 0.263. The van der Waals surface area contributed by atoms with Crippen LogP contribution in [0.2, 0.25) is 0 Å². The van der Waals surface area contributed by atoms with Gasteiger partial charge in [-0.05, 0) is 25.3 Å². The third-order valence-corrected chi connectivity index (χ3v) is 4.90. The van der Waals surface area contributed by atoms with Crippen LogP contribution in [0, 0.1) is 6.92 Å². The fourth-order valence-corrected chi connectivity index (χ4v) is 3.28. The van der Waals surface area contributed by atoms with E-state index in [1.807, 2.05) is 24.3 Å². The molecule has 1 aliphatic rings. The molecule has 5 heteroatoms. The Labute approximate surface area is 166 Å². The van der Waals surface area contributed by atoms with Gasteiger partial charge in [0.15, 0.2) is 0 Å². The zero-order valence-electron chi connectivity index (χ0n) is 16.2. The number of hydrogen-bond acceptors (Lipinski definition) is 5. The third-order valence-electron chi connectivity index (χ3n) is 4.90. The lowest BCUT2D eigenvalue weighted by atomic mass is 10.1. The number of aromatic nitrogens is 2. The van der Waals surface area contributed by atoms with Crippen LogP contribution in [0.1, 0.15) is 24.0 Å². The second-order valence-corrected chi connectivity index (χ2v) is 7.18. The summed E-state index contributed by atoms with van der Waals surface area (Å²) in [5.41, 5.74) is 4.43. The summed E-state index contributed by atoms with van der Waals surface area (Å²) in [6.07, 6.45) is 2.50. The van der Waals surface area contributed by atoms with Crippen molar-refractivity contribution < 1.29 is 4.74 Å². The van der Waals surface area contributed by atoms with E-state index in [0.717, 1.165) is 43.1 Å². The normalized spacial score (nSPS) is 16.1. The van der Waals surface area contributed by atoms with E-state index in [-0.39, 0.29) is 6.10 Å². The average molecular weight is 374 g/mol. The molecule has 5 nitrogen and oxygen atoms in total. The maximum absolute atomic E-state index is 5.71. The number of aryl methyl sites for hydroxylation is 1. The molecule has 1 aromatic heterocycles. The number of benzene rings is 2. The van der Waals surface area contributed by atoms with Crippen LogP contribution in [0.5, 0.6) is 0 Å². The highest BCUT2D eigenvalue weighted by molar-refractivity contribution is 5.64. The predicted octanol–water partition coefficient (Wildman–Crippen LogP) is 4.66. The molecule has 2 N–H and O–H groups in total. The van der Waals surface area contributed by atoms with Crippen LogP contribution in [0.15, 0.2) is 60.7 Å². The molecular formula is C23H26N4O. The first-order chi connectivity index (χ1) is 13.8. The lowest BCUT2D eigenvalue weighted by Gasteiger charge is -2.14. The van der Waals surface area contributed by atoms with Crippen LogP contribution in [0.4, 0.5) is 11.8 Å². The first kappa shape index (κ1) is 18.4. The molecule has 0 aliphatic carbocycles. The van der Waals surface area contributed by atoms with Crippen LogP contribution in [-0.4, -0.2) is 29.2 Å². The van der Waals surface area contributed by atoms with Crippen LogP contribution >= 0.6 is 0 Å². The third kappa shape index (κ3) is 4.87. The maximum atomic E-state index is 5.71. The van der Waals surface area contributed by atoms with Gasteiger partial charge >= 0.3 is 0 Å². The Morgan fingerprint density at radius 2 is 1.82 bits per heavy atom. The van der Waals surface area contributed by atoms with Gasteiger partial charge in [-0.15, -0.1) is 0 Å². The number of hydrogen-bond donors (Lipinski definition) is 2. The van der Waals surface area contributed by atoms with Gasteiger partial charge in [0.1, 0.15) is 5.82 Å². The van der Waals surface area contributed by atoms with Gasteiger partial charge in [-0.3, -0.25) is 0 Å². The minimum atomic E-state index is 0.263. The lowest BCUT2D eigenvalue weighted by Crippen LogP contribution is -2.19. The summed E-state index contributed by atoms with van der Waals surface area (Å²) in [6.45, 7) is 4.40. The second-order valence-electron chi connectivity index (χ2n) is 7.18. The molecule has 28 heavy (non-hydrogen) atoms. The van der Waals surface area contributed by atoms with Crippen LogP contribution in [-0.2, 0) is 11.3 Å². The summed E-state index contributed by atoms with van der Waals surface area (Å²) in [4.78, 5) is 9.39. The number of ether oxygens (including phenoxy) is 1. The molecule has 0 spiro atoms. The zero-order chi connectivity index (χ0) is 19.2. The van der Waals surface area contributed by atoms with Crippen molar-refractivity contribution in [2.75, 3.05) is 23.8 Å². The van der Waals surface area contributed by atoms with E-state index in [1.165, 1.54) is 11.1 Å². The predicted molar refractivity (Wildman–Crippen MR) is 113 cm³/mol. The molecule has 0 bridgehead atoms. The fraction of sp³-hybridized carbons (Fsp3) is 0.304. The van der Waals surface area contributed by atoms with E-state index >= 15 is 0 Å². The summed E-state index contributed by atoms with van der Waals surface area (Å²) in [7, 11) is 0. The van der Waals surface area contributed by atoms with Gasteiger partial charge in [-0.1, -0.05) is 60.2 Å². The molecule has 1 saturated heterocycles. The summed E-state index contributed by atoms with van der Waals surface area (Å²) in [5.74, 6) is 1.44. The molecule has 4 rings (SSSR count). The van der Waals surface area contributed by atoms with Gasteiger partial charge in [0, 0.05) is 31.3 Å². The standard InChI is InChI=1S/C23H26N4O/c1-17-9-11-18(12-10-17)15-25-23-26-21(19-6-3-2-4-7-19)14-22(27-23)24-16-20-8-5-13-28-20/h2-4,6-7,9-12,14,20H,5,8,13,15-16H2,1H3,(H2,24,25,26,27). The Morgan fingerprint density at radius 3 is 2.57 bits per heavy atom. The van der Waals surface area contributed by atoms with Crippen molar-refractivity contribution in [1.82, 2.24) is 9.97 Å². The SMILES string of the molecule is Cc1ccc(CNc2nc(NCC3CCCO3)cc(-c3ccccc3)n2)cc1. The molecule has 0 amide bonds. The van der Waals surface area contributed by atoms with Crippen molar-refractivity contribution in [2.24, 2.45) is 0 Å². The van der Waals surface area contributed by atoms with Gasteiger partial charge in [0.2, 0.25) is 5.95 Å². The van der Waals surface area contributed by atoms with Crippen LogP contribution in [0.3, 0.4) is 0 Å². The van der Waals surface area contributed by atoms with Crippen molar-refractivity contribution in [3.8, 4) is 11.3 Å². The largest absolute Gasteiger partial charge is 0.376 e. The summed E-state index contributed by atoms with van der Waals surface area (Å²) in [6, 6.07) is 20.7. The molecule has 3 aromatic rings. The Bertz CT molecular complexity index is 890. The first-order valence-corrected chi connectivity index (χ1v) is 9.86. The number of nitrogens with one attached hydrogen (secondary N) is 2. The van der Waals surface area contributed by atoms with Crippen LogP contribution in [0.25, 0.3) is 11.3 Å². The molecule has 1 atom stereocenters. The highest BCUT2D eigenvalue weighted by Crippen LogP contribution is 2.22. The Balaban J connectivity index is 1.53. The van der Waals surface area contributed by atoms with E-state index in [0.29, 0.717) is 12.5 Å². The van der Waals surface area contributed by atoms with Gasteiger partial charge in [-0.25, -0.2) is 4.98 Å². The Hall–Kier alpha value is -2.92. The lowest BCUT2D eigenvalue weighted by molar-refractivity contribution is 0.120. The van der Waals surface area contributed by atoms with Crippen molar-refractivity contribution in [3.63, 3.8) is 0 Å². The van der Waals surface area contributed by atoms with Gasteiger partial charge in [-0.2, -0.15) is 4.98 Å². The van der Waals surface area contributed by atoms with E-state index in [2.05, 4.69) is 58.9 Å². The van der Waals surface area contributed by atoms with Crippen molar-refractivity contribution >= 4 is 11.8 Å². The van der Waals surface area contributed by atoms with Gasteiger partial charge in [0.25, 0.3) is 0 Å². The van der Waals surface area contributed by atoms with Crippen molar-refractivity contribution in [3.05, 3.63) is 71.8 Å². The fourth-order valence-electron chi connectivity index (χ4n) is 3.28. The van der Waals surface area contributed by atoms with Crippen LogP contribution < -0.4 is 10.6 Å². The summed E-state index contributed by atoms with van der Waals surface area (Å²) in [5, 5.41) is 6.79. The molecule has 1 fully saturated rings. The minimum Gasteiger partial charge on any atom is -0.376 e. The molecule has 1 unspecified atom stereocenters. The zero-order valence-corrected chi connectivity index (χ0v) is 16.2. The topological polar surface area (TPSA) is 59.1 Å². The monoisotopic (exact) mass is 374 g/mol. The Kier molecular flexibility index (Phi) is 5.83. The number of nitrogens with zero attached hydrogens (tertiary/aromatic N) is 2. The highest BCUT2D eigenvalue weighted by atomic mass is 16.5. The number of rotatable bonds is 7. The van der Waals surface area contributed by atoms with Gasteiger partial charge < -0.3 is 15.4 Å². The Morgan fingerprint density at radius 1 is 1.00 bits per heavy atom. The molecule has 2 heterocycles. The van der Waals surface area contributed by atoms with Gasteiger partial charge in [0.05, 0.1) is 11.8 Å². The smallest absolute Gasteiger partial charge is 0.225 e. The van der Waals surface area contributed by atoms with Crippen molar-refractivity contribution in [1.29, 1.82) is 0 Å². The highest BCUT2D eigenvalue weighted by Gasteiger charge is 2.15. The maximum Gasteiger partial charge on any atom is 0.225 e. The molecule has 0 radical (unpaired) electrons. The summed E-state index contributed by atoms with van der Waals surface area (Å²) < 4.78 is 5.71. The van der Waals surface area contributed by atoms with E-state index < -0.39 is 0 Å². The molecule has 0 saturated carbocycles. The number of anilines is 2. The first-order valence-electron chi connectivity index (χ1n) is 9.86. The summed E-state index contributed by atoms with van der Waals surface area (Å²) >= 11 is 0. The van der Waals surface area contributed by atoms with Crippen molar-refractivity contribution in [2.45, 2.75) is 32.4 Å². The molecular weight excluding hydrogens is 348 g/mol. The average Bonchev–Trinajstić information content (AvgIpc) is 3.26. The van der Waals surface area contributed by atoms with E-state index in [9.17, 15) is 0 Å². The molecule has 144 valence electrons. The second kappa shape index (κ2) is 8.85. The quantitative estimate of drug-likeness (QED) is 0.630. The van der Waals surface area contributed by atoms with E-state index in [1.54, 1.807) is 0 Å². The molecule has 2 aromatic carbocycles. The molecule has 1 aliphatic heterocycles.